The lowest BCUT2D eigenvalue weighted by Gasteiger charge is -2.48. The van der Waals surface area contributed by atoms with Gasteiger partial charge < -0.3 is 4.74 Å². The molecule has 0 aliphatic heterocycles. The van der Waals surface area contributed by atoms with Crippen LogP contribution in [-0.2, 0) is 9.53 Å². The number of hydrogen-bond donors (Lipinski definition) is 0. The number of hydrogen-bond acceptors (Lipinski definition) is 2. The standard InChI is InChI=1S/C25H28O2/c1-27-25(26)24-18-11-15(19(24)12-5-3-2-4-6-12)22-16-10-17(23(18)22)21-14-8-7-13(9-14)20(16)21/h2-8,13-24H,9-11H2,1H3. The van der Waals surface area contributed by atoms with Gasteiger partial charge in [0.2, 0.25) is 0 Å². The SMILES string of the molecule is COC(=O)C1C2CC(C1c1ccccc1)C1C3CC(C4C5C=CC(C5)C34)C21. The van der Waals surface area contributed by atoms with Crippen LogP contribution in [0, 0.1) is 65.1 Å². The van der Waals surface area contributed by atoms with Crippen LogP contribution >= 0.6 is 0 Å². The number of carbonyl (C=O) groups excluding carboxylic acids is 1. The largest absolute Gasteiger partial charge is 0.469 e. The molecule has 5 saturated carbocycles. The maximum Gasteiger partial charge on any atom is 0.309 e. The van der Waals surface area contributed by atoms with E-state index in [2.05, 4.69) is 42.5 Å². The normalized spacial score (nSPS) is 55.1. The predicted molar refractivity (Wildman–Crippen MR) is 103 cm³/mol. The summed E-state index contributed by atoms with van der Waals surface area (Å²) < 4.78 is 5.35. The third kappa shape index (κ3) is 1.68. The summed E-state index contributed by atoms with van der Waals surface area (Å²) in [6.07, 6.45) is 9.26. The fourth-order valence-electron chi connectivity index (χ4n) is 9.86. The van der Waals surface area contributed by atoms with E-state index in [4.69, 9.17) is 4.74 Å². The molecule has 0 spiro atoms. The first-order valence-electron chi connectivity index (χ1n) is 11.1. The molecule has 0 amide bonds. The fourth-order valence-corrected chi connectivity index (χ4v) is 9.86. The lowest BCUT2D eigenvalue weighted by atomic mass is 9.56. The van der Waals surface area contributed by atoms with Crippen molar-refractivity contribution in [3.8, 4) is 0 Å². The highest BCUT2D eigenvalue weighted by molar-refractivity contribution is 5.75. The summed E-state index contributed by atoms with van der Waals surface area (Å²) in [5.74, 6) is 8.96. The molecule has 5 fully saturated rings. The minimum atomic E-state index is 0.0574. The first-order chi connectivity index (χ1) is 13.3. The van der Waals surface area contributed by atoms with Crippen molar-refractivity contribution in [2.24, 2.45) is 65.1 Å². The van der Waals surface area contributed by atoms with Crippen LogP contribution in [0.3, 0.4) is 0 Å². The molecule has 6 aliphatic rings. The second-order valence-corrected chi connectivity index (χ2v) is 10.4. The predicted octanol–water partition coefficient (Wildman–Crippen LogP) is 4.53. The Bertz CT molecular complexity index is 828. The van der Waals surface area contributed by atoms with Gasteiger partial charge in [0.15, 0.2) is 0 Å². The molecule has 1 aromatic rings. The number of rotatable bonds is 2. The smallest absolute Gasteiger partial charge is 0.309 e. The Morgan fingerprint density at radius 2 is 1.44 bits per heavy atom. The molecular formula is C25H28O2. The van der Waals surface area contributed by atoms with Gasteiger partial charge in [-0.3, -0.25) is 4.79 Å². The van der Waals surface area contributed by atoms with Gasteiger partial charge in [-0.25, -0.2) is 0 Å². The lowest BCUT2D eigenvalue weighted by Crippen LogP contribution is -2.45. The first-order valence-corrected chi connectivity index (χ1v) is 11.1. The summed E-state index contributed by atoms with van der Waals surface area (Å²) in [5.41, 5.74) is 1.38. The molecule has 6 aliphatic carbocycles. The number of fused-ring (bicyclic) bond motifs is 16. The van der Waals surface area contributed by atoms with Crippen molar-refractivity contribution in [2.45, 2.75) is 25.2 Å². The molecule has 2 nitrogen and oxygen atoms in total. The molecule has 12 atom stereocenters. The minimum absolute atomic E-state index is 0.0574. The van der Waals surface area contributed by atoms with Crippen LogP contribution in [0.1, 0.15) is 30.7 Å². The van der Waals surface area contributed by atoms with E-state index in [1.807, 2.05) is 0 Å². The third-order valence-corrected chi connectivity index (χ3v) is 10.0. The topological polar surface area (TPSA) is 26.3 Å². The molecule has 27 heavy (non-hydrogen) atoms. The Morgan fingerprint density at radius 3 is 2.11 bits per heavy atom. The second kappa shape index (κ2) is 5.07. The van der Waals surface area contributed by atoms with Crippen molar-refractivity contribution in [3.05, 3.63) is 48.0 Å². The number of esters is 1. The highest BCUT2D eigenvalue weighted by Gasteiger charge is 2.73. The van der Waals surface area contributed by atoms with Crippen molar-refractivity contribution in [1.82, 2.24) is 0 Å². The quantitative estimate of drug-likeness (QED) is 0.440. The van der Waals surface area contributed by atoms with Crippen molar-refractivity contribution in [2.75, 3.05) is 7.11 Å². The maximum atomic E-state index is 12.9. The molecular weight excluding hydrogens is 332 g/mol. The Balaban J connectivity index is 1.31. The van der Waals surface area contributed by atoms with Gasteiger partial charge in [0.05, 0.1) is 13.0 Å². The zero-order valence-corrected chi connectivity index (χ0v) is 15.9. The number of allylic oxidation sites excluding steroid dienone is 2. The van der Waals surface area contributed by atoms with Crippen LogP contribution in [0.2, 0.25) is 0 Å². The molecule has 2 heteroatoms. The minimum Gasteiger partial charge on any atom is -0.469 e. The van der Waals surface area contributed by atoms with Crippen LogP contribution in [0.25, 0.3) is 0 Å². The van der Waals surface area contributed by atoms with Gasteiger partial charge in [-0.05, 0) is 84.0 Å². The molecule has 1 aromatic carbocycles. The van der Waals surface area contributed by atoms with Gasteiger partial charge in [0.1, 0.15) is 0 Å². The molecule has 7 rings (SSSR count). The molecule has 0 N–H and O–H groups in total. The number of ether oxygens (including phenoxy) is 1. The molecule has 0 radical (unpaired) electrons. The number of methoxy groups -OCH3 is 1. The zero-order valence-electron chi connectivity index (χ0n) is 15.9. The molecule has 6 bridgehead atoms. The number of carbonyl (C=O) groups is 1. The summed E-state index contributed by atoms with van der Waals surface area (Å²) in [7, 11) is 1.59. The zero-order chi connectivity index (χ0) is 17.9. The average Bonchev–Trinajstić information content (AvgIpc) is 3.51. The van der Waals surface area contributed by atoms with Gasteiger partial charge in [-0.1, -0.05) is 42.5 Å². The Kier molecular flexibility index (Phi) is 2.89. The number of benzene rings is 1. The van der Waals surface area contributed by atoms with E-state index in [0.29, 0.717) is 17.8 Å². The molecule has 140 valence electrons. The summed E-state index contributed by atoms with van der Waals surface area (Å²) in [6, 6.07) is 10.9. The van der Waals surface area contributed by atoms with E-state index in [-0.39, 0.29) is 11.9 Å². The van der Waals surface area contributed by atoms with Crippen LogP contribution in [0.4, 0.5) is 0 Å². The summed E-state index contributed by atoms with van der Waals surface area (Å²) in [4.78, 5) is 12.9. The van der Waals surface area contributed by atoms with Gasteiger partial charge in [0, 0.05) is 5.92 Å². The van der Waals surface area contributed by atoms with Crippen LogP contribution in [-0.4, -0.2) is 13.1 Å². The monoisotopic (exact) mass is 360 g/mol. The van der Waals surface area contributed by atoms with Crippen molar-refractivity contribution >= 4 is 5.97 Å². The fraction of sp³-hybridized carbons (Fsp3) is 0.640. The third-order valence-electron chi connectivity index (χ3n) is 10.0. The average molecular weight is 360 g/mol. The van der Waals surface area contributed by atoms with Crippen LogP contribution in [0.15, 0.2) is 42.5 Å². The summed E-state index contributed by atoms with van der Waals surface area (Å²) in [6.45, 7) is 0. The van der Waals surface area contributed by atoms with E-state index < -0.39 is 0 Å². The Labute approximate surface area is 161 Å². The molecule has 0 saturated heterocycles. The second-order valence-electron chi connectivity index (χ2n) is 10.4. The molecule has 0 heterocycles. The van der Waals surface area contributed by atoms with E-state index in [1.165, 1.54) is 24.8 Å². The summed E-state index contributed by atoms with van der Waals surface area (Å²) >= 11 is 0. The highest BCUT2D eigenvalue weighted by Crippen LogP contribution is 2.78. The lowest BCUT2D eigenvalue weighted by molar-refractivity contribution is -0.150. The Morgan fingerprint density at radius 1 is 0.815 bits per heavy atom. The molecule has 12 unspecified atom stereocenters. The van der Waals surface area contributed by atoms with E-state index in [9.17, 15) is 4.79 Å². The van der Waals surface area contributed by atoms with Crippen LogP contribution in [0.5, 0.6) is 0 Å². The Hall–Kier alpha value is -1.57. The van der Waals surface area contributed by atoms with Gasteiger partial charge in [-0.15, -0.1) is 0 Å². The van der Waals surface area contributed by atoms with Crippen LogP contribution < -0.4 is 0 Å². The van der Waals surface area contributed by atoms with Crippen molar-refractivity contribution in [3.63, 3.8) is 0 Å². The molecule has 0 aromatic heterocycles. The first kappa shape index (κ1) is 15.4. The van der Waals surface area contributed by atoms with E-state index in [1.54, 1.807) is 7.11 Å². The summed E-state index contributed by atoms with van der Waals surface area (Å²) in [5, 5.41) is 0. The van der Waals surface area contributed by atoms with Gasteiger partial charge >= 0.3 is 5.97 Å². The maximum absolute atomic E-state index is 12.9. The van der Waals surface area contributed by atoms with Crippen molar-refractivity contribution < 1.29 is 9.53 Å². The van der Waals surface area contributed by atoms with Gasteiger partial charge in [0.25, 0.3) is 0 Å². The highest BCUT2D eigenvalue weighted by atomic mass is 16.5. The van der Waals surface area contributed by atoms with E-state index >= 15 is 0 Å². The van der Waals surface area contributed by atoms with E-state index in [0.717, 1.165) is 47.3 Å². The van der Waals surface area contributed by atoms with Gasteiger partial charge in [-0.2, -0.15) is 0 Å². The van der Waals surface area contributed by atoms with Crippen molar-refractivity contribution in [1.29, 1.82) is 0 Å².